The minimum atomic E-state index is -3.56. The van der Waals surface area contributed by atoms with Crippen molar-refractivity contribution in [3.8, 4) is 11.5 Å². The van der Waals surface area contributed by atoms with Crippen molar-refractivity contribution in [3.05, 3.63) is 42.0 Å². The number of nitrogens with one attached hydrogen (secondary N) is 1. The number of para-hydroxylation sites is 1. The van der Waals surface area contributed by atoms with Gasteiger partial charge < -0.3 is 24.8 Å². The van der Waals surface area contributed by atoms with Crippen molar-refractivity contribution in [1.29, 1.82) is 0 Å². The number of rotatable bonds is 8. The van der Waals surface area contributed by atoms with Gasteiger partial charge in [0.05, 0.1) is 23.3 Å². The van der Waals surface area contributed by atoms with Crippen LogP contribution in [0.25, 0.3) is 0 Å². The van der Waals surface area contributed by atoms with Crippen LogP contribution in [-0.2, 0) is 14.6 Å². The number of amides is 1. The van der Waals surface area contributed by atoms with Gasteiger partial charge in [0.1, 0.15) is 0 Å². The lowest BCUT2D eigenvalue weighted by molar-refractivity contribution is -0.118. The molecule has 0 aliphatic carbocycles. The van der Waals surface area contributed by atoms with Gasteiger partial charge in [-0.15, -0.1) is 0 Å². The third-order valence-corrected chi connectivity index (χ3v) is 4.87. The third-order valence-electron chi connectivity index (χ3n) is 3.72. The molecule has 9 nitrogen and oxygen atoms in total. The number of ether oxygens (including phenoxy) is 2. The van der Waals surface area contributed by atoms with Gasteiger partial charge in [-0.25, -0.2) is 8.42 Å². The molecule has 2 aromatic carbocycles. The van der Waals surface area contributed by atoms with Crippen molar-refractivity contribution >= 4 is 40.3 Å². The van der Waals surface area contributed by atoms with E-state index < -0.39 is 29.5 Å². The highest BCUT2D eigenvalue weighted by molar-refractivity contribution is 7.90. The zero-order valence-electron chi connectivity index (χ0n) is 15.1. The Hall–Kier alpha value is -2.89. The van der Waals surface area contributed by atoms with Crippen LogP contribution in [0.2, 0.25) is 0 Å². The van der Waals surface area contributed by atoms with Crippen LogP contribution >= 0.6 is 0 Å². The summed E-state index contributed by atoms with van der Waals surface area (Å²) in [5.74, 6) is -0.726. The fraction of sp³-hybridized carbons (Fsp3) is 0.176. The highest BCUT2D eigenvalue weighted by Crippen LogP contribution is 2.29. The molecule has 0 aromatic heterocycles. The average molecular weight is 407 g/mol. The zero-order valence-corrected chi connectivity index (χ0v) is 15.9. The van der Waals surface area contributed by atoms with E-state index in [1.807, 2.05) is 0 Å². The van der Waals surface area contributed by atoms with Crippen molar-refractivity contribution in [2.45, 2.75) is 4.90 Å². The number of carbonyl (C=O) groups excluding carboxylic acids is 2. The number of hydrogen-bond donors (Lipinski definition) is 3. The lowest BCUT2D eigenvalue weighted by Gasteiger charge is -2.15. The highest BCUT2D eigenvalue weighted by atomic mass is 32.2. The van der Waals surface area contributed by atoms with E-state index in [4.69, 9.17) is 9.47 Å². The first-order chi connectivity index (χ1) is 13.2. The lowest BCUT2D eigenvalue weighted by Crippen LogP contribution is -2.33. The molecule has 0 spiro atoms. The van der Waals surface area contributed by atoms with Crippen LogP contribution in [0.15, 0.2) is 41.3 Å². The van der Waals surface area contributed by atoms with E-state index in [-0.39, 0.29) is 33.1 Å². The molecule has 11 heteroatoms. The number of sulfone groups is 1. The molecule has 2 aromatic rings. The summed E-state index contributed by atoms with van der Waals surface area (Å²) in [6, 6.07) is 8.50. The van der Waals surface area contributed by atoms with Crippen molar-refractivity contribution in [3.63, 3.8) is 0 Å². The molecule has 28 heavy (non-hydrogen) atoms. The number of benzene rings is 2. The monoisotopic (exact) mass is 407 g/mol. The number of methoxy groups -OCH3 is 1. The van der Waals surface area contributed by atoms with E-state index in [1.54, 1.807) is 6.07 Å². The third kappa shape index (κ3) is 4.88. The van der Waals surface area contributed by atoms with Crippen LogP contribution < -0.4 is 20.3 Å². The molecule has 0 aliphatic heterocycles. The van der Waals surface area contributed by atoms with Gasteiger partial charge in [-0.05, 0) is 23.7 Å². The molecule has 0 heterocycles. The molecule has 3 N–H and O–H groups in total. The maximum atomic E-state index is 12.2. The fourth-order valence-electron chi connectivity index (χ4n) is 2.47. The minimum absolute atomic E-state index is 0.0556. The Kier molecular flexibility index (Phi) is 6.78. The molecule has 0 saturated heterocycles. The first kappa shape index (κ1) is 21.4. The van der Waals surface area contributed by atoms with Crippen molar-refractivity contribution in [2.24, 2.45) is 0 Å². The molecule has 0 fully saturated rings. The Labute approximate surface area is 162 Å². The normalized spacial score (nSPS) is 10.9. The predicted molar refractivity (Wildman–Crippen MR) is 102 cm³/mol. The van der Waals surface area contributed by atoms with Gasteiger partial charge in [0.2, 0.25) is 0 Å². The fourth-order valence-corrected chi connectivity index (χ4v) is 3.31. The predicted octanol–water partition coefficient (Wildman–Crippen LogP) is -0.392. The van der Waals surface area contributed by atoms with E-state index >= 15 is 0 Å². The van der Waals surface area contributed by atoms with Gasteiger partial charge in [-0.3, -0.25) is 9.59 Å². The molecule has 1 amide bonds. The van der Waals surface area contributed by atoms with Gasteiger partial charge in [-0.1, -0.05) is 18.2 Å². The van der Waals surface area contributed by atoms with E-state index in [2.05, 4.69) is 5.32 Å². The Morgan fingerprint density at radius 1 is 1.21 bits per heavy atom. The maximum Gasteiger partial charge on any atom is 0.489 e. The summed E-state index contributed by atoms with van der Waals surface area (Å²) in [5, 5.41) is 21.2. The summed E-state index contributed by atoms with van der Waals surface area (Å²) in [4.78, 5) is 23.6. The molecular formula is C17H18BNO8S. The van der Waals surface area contributed by atoms with Crippen LogP contribution in [0.4, 0.5) is 5.69 Å². The molecule has 0 unspecified atom stereocenters. The molecule has 0 saturated carbocycles. The number of carbonyl (C=O) groups is 2. The van der Waals surface area contributed by atoms with Crippen LogP contribution in [0.5, 0.6) is 11.5 Å². The molecule has 0 radical (unpaired) electrons. The molecule has 148 valence electrons. The molecule has 0 atom stereocenters. The number of anilines is 1. The molecule has 0 bridgehead atoms. The summed E-state index contributed by atoms with van der Waals surface area (Å²) in [7, 11) is -4.17. The van der Waals surface area contributed by atoms with Gasteiger partial charge >= 0.3 is 7.12 Å². The summed E-state index contributed by atoms with van der Waals surface area (Å²) in [6.45, 7) is -0.583. The van der Waals surface area contributed by atoms with Gasteiger partial charge in [-0.2, -0.15) is 0 Å². The number of hydrogen-bond acceptors (Lipinski definition) is 8. The van der Waals surface area contributed by atoms with Crippen molar-refractivity contribution < 1.29 is 37.5 Å². The van der Waals surface area contributed by atoms with E-state index in [0.29, 0.717) is 6.29 Å². The maximum absolute atomic E-state index is 12.2. The Morgan fingerprint density at radius 2 is 1.89 bits per heavy atom. The van der Waals surface area contributed by atoms with Crippen LogP contribution in [-0.4, -0.2) is 57.8 Å². The van der Waals surface area contributed by atoms with Crippen LogP contribution in [0.1, 0.15) is 10.4 Å². The Morgan fingerprint density at radius 3 is 2.46 bits per heavy atom. The van der Waals surface area contributed by atoms with Crippen LogP contribution in [0, 0.1) is 0 Å². The van der Waals surface area contributed by atoms with E-state index in [1.165, 1.54) is 37.4 Å². The summed E-state index contributed by atoms with van der Waals surface area (Å²) in [5.41, 5.74) is -0.215. The smallest absolute Gasteiger partial charge is 0.489 e. The average Bonchev–Trinajstić information content (AvgIpc) is 2.64. The summed E-state index contributed by atoms with van der Waals surface area (Å²) >= 11 is 0. The molecule has 2 rings (SSSR count). The Bertz CT molecular complexity index is 991. The molecule has 0 aliphatic rings. The van der Waals surface area contributed by atoms with E-state index in [0.717, 1.165) is 6.26 Å². The van der Waals surface area contributed by atoms with Crippen molar-refractivity contribution in [1.82, 2.24) is 0 Å². The summed E-state index contributed by atoms with van der Waals surface area (Å²) in [6.07, 6.45) is 1.37. The van der Waals surface area contributed by atoms with Crippen molar-refractivity contribution in [2.75, 3.05) is 25.3 Å². The minimum Gasteiger partial charge on any atom is -0.493 e. The van der Waals surface area contributed by atoms with Gasteiger partial charge in [0, 0.05) is 6.26 Å². The van der Waals surface area contributed by atoms with Gasteiger partial charge in [0.15, 0.2) is 34.2 Å². The second-order valence-corrected chi connectivity index (χ2v) is 7.68. The largest absolute Gasteiger partial charge is 0.493 e. The second kappa shape index (κ2) is 8.87. The first-order valence-corrected chi connectivity index (χ1v) is 9.82. The highest BCUT2D eigenvalue weighted by Gasteiger charge is 2.23. The number of aldehydes is 1. The second-order valence-electron chi connectivity index (χ2n) is 5.70. The van der Waals surface area contributed by atoms with Crippen LogP contribution in [0.3, 0.4) is 0 Å². The van der Waals surface area contributed by atoms with E-state index in [9.17, 15) is 28.1 Å². The Balaban J connectivity index is 2.25. The SMILES string of the molecule is COc1ccc(B(O)O)c(C=O)c1OCC(=O)Nc1ccccc1S(C)(=O)=O. The summed E-state index contributed by atoms with van der Waals surface area (Å²) < 4.78 is 34.0. The topological polar surface area (TPSA) is 139 Å². The van der Waals surface area contributed by atoms with Gasteiger partial charge in [0.25, 0.3) is 5.91 Å². The molecular weight excluding hydrogens is 389 g/mol. The first-order valence-electron chi connectivity index (χ1n) is 7.93. The standard InChI is InChI=1S/C17H18BNO8S/c1-26-14-8-7-12(18(22)23)11(9-20)17(14)27-10-16(21)19-13-5-3-4-6-15(13)28(2,24)25/h3-9,22-23H,10H2,1-2H3,(H,19,21). The quantitative estimate of drug-likeness (QED) is 0.397. The zero-order chi connectivity index (χ0) is 20.9. The lowest BCUT2D eigenvalue weighted by atomic mass is 9.77.